The average Bonchev–Trinajstić information content (AvgIpc) is 2.57. The molecule has 1 aliphatic carbocycles. The topological polar surface area (TPSA) is 21.3 Å². The first-order valence-corrected chi connectivity index (χ1v) is 9.37. The van der Waals surface area contributed by atoms with E-state index in [4.69, 9.17) is 16.3 Å². The van der Waals surface area contributed by atoms with Gasteiger partial charge in [-0.25, -0.2) is 4.39 Å². The van der Waals surface area contributed by atoms with Gasteiger partial charge in [-0.15, -0.1) is 0 Å². The van der Waals surface area contributed by atoms with E-state index in [1.54, 1.807) is 6.07 Å². The molecule has 128 valence electrons. The summed E-state index contributed by atoms with van der Waals surface area (Å²) >= 11 is 6.21. The molecule has 2 fully saturated rings. The van der Waals surface area contributed by atoms with Gasteiger partial charge < -0.3 is 10.1 Å². The second-order valence-electron chi connectivity index (χ2n) is 6.98. The van der Waals surface area contributed by atoms with Crippen molar-refractivity contribution in [2.75, 3.05) is 19.8 Å². The molecule has 1 aliphatic heterocycles. The van der Waals surface area contributed by atoms with Crippen molar-refractivity contribution < 1.29 is 9.13 Å². The molecule has 0 atom stereocenters. The summed E-state index contributed by atoms with van der Waals surface area (Å²) in [6.07, 6.45) is 7.99. The Bertz CT molecular complexity index is 476. The zero-order valence-electron chi connectivity index (χ0n) is 13.7. The second-order valence-corrected chi connectivity index (χ2v) is 7.39. The molecule has 1 aromatic rings. The zero-order valence-corrected chi connectivity index (χ0v) is 14.5. The van der Waals surface area contributed by atoms with Crippen LogP contribution in [0, 0.1) is 11.7 Å². The largest absolute Gasteiger partial charge is 0.381 e. The van der Waals surface area contributed by atoms with Gasteiger partial charge in [0.1, 0.15) is 5.82 Å². The molecular weight excluding hydrogens is 313 g/mol. The van der Waals surface area contributed by atoms with Crippen molar-refractivity contribution in [2.24, 2.45) is 5.92 Å². The van der Waals surface area contributed by atoms with E-state index in [-0.39, 0.29) is 5.82 Å². The van der Waals surface area contributed by atoms with E-state index >= 15 is 0 Å². The van der Waals surface area contributed by atoms with Crippen molar-refractivity contribution in [1.82, 2.24) is 5.32 Å². The molecule has 1 N–H and O–H groups in total. The van der Waals surface area contributed by atoms with Crippen LogP contribution in [0.1, 0.15) is 56.4 Å². The number of nitrogens with one attached hydrogen (secondary N) is 1. The third kappa shape index (κ3) is 4.68. The summed E-state index contributed by atoms with van der Waals surface area (Å²) in [6, 6.07) is 5.67. The summed E-state index contributed by atoms with van der Waals surface area (Å²) in [5.74, 6) is 0.926. The summed E-state index contributed by atoms with van der Waals surface area (Å²) in [5, 5.41) is 4.26. The summed E-state index contributed by atoms with van der Waals surface area (Å²) < 4.78 is 19.4. The third-order valence-corrected chi connectivity index (χ3v) is 5.79. The lowest BCUT2D eigenvalue weighted by molar-refractivity contribution is 0.0775. The van der Waals surface area contributed by atoms with E-state index in [0.29, 0.717) is 17.0 Å². The second kappa shape index (κ2) is 8.46. The van der Waals surface area contributed by atoms with Crippen LogP contribution in [0.25, 0.3) is 0 Å². The minimum absolute atomic E-state index is 0.137. The van der Waals surface area contributed by atoms with Crippen LogP contribution >= 0.6 is 11.6 Å². The normalized spacial score (nSPS) is 26.3. The van der Waals surface area contributed by atoms with Crippen LogP contribution in [0.3, 0.4) is 0 Å². The Morgan fingerprint density at radius 3 is 2.52 bits per heavy atom. The van der Waals surface area contributed by atoms with E-state index in [1.807, 2.05) is 6.07 Å². The fourth-order valence-corrected chi connectivity index (χ4v) is 4.35. The molecule has 0 radical (unpaired) electrons. The monoisotopic (exact) mass is 339 g/mol. The maximum absolute atomic E-state index is 14.0. The molecule has 1 heterocycles. The van der Waals surface area contributed by atoms with Gasteiger partial charge in [-0.2, -0.15) is 0 Å². The maximum atomic E-state index is 14.0. The van der Waals surface area contributed by atoms with Crippen molar-refractivity contribution in [3.8, 4) is 0 Å². The minimum atomic E-state index is -0.137. The molecule has 1 saturated carbocycles. The lowest BCUT2D eigenvalue weighted by Crippen LogP contribution is -2.36. The van der Waals surface area contributed by atoms with Crippen molar-refractivity contribution in [2.45, 2.75) is 56.9 Å². The number of benzene rings is 1. The van der Waals surface area contributed by atoms with E-state index in [9.17, 15) is 4.39 Å². The lowest BCUT2D eigenvalue weighted by Gasteiger charge is -2.30. The van der Waals surface area contributed by atoms with Gasteiger partial charge in [-0.05, 0) is 75.5 Å². The van der Waals surface area contributed by atoms with Crippen molar-refractivity contribution in [3.63, 3.8) is 0 Å². The number of rotatable bonds is 5. The van der Waals surface area contributed by atoms with Crippen LogP contribution in [-0.2, 0) is 4.74 Å². The fraction of sp³-hybridized carbons (Fsp3) is 0.684. The van der Waals surface area contributed by atoms with E-state index in [1.165, 1.54) is 25.3 Å². The van der Waals surface area contributed by atoms with Crippen LogP contribution in [-0.4, -0.2) is 25.8 Å². The van der Waals surface area contributed by atoms with E-state index in [2.05, 4.69) is 5.32 Å². The van der Waals surface area contributed by atoms with Crippen LogP contribution in [0.15, 0.2) is 18.2 Å². The smallest absolute Gasteiger partial charge is 0.128 e. The predicted molar refractivity (Wildman–Crippen MR) is 92.6 cm³/mol. The van der Waals surface area contributed by atoms with E-state index in [0.717, 1.165) is 56.9 Å². The highest BCUT2D eigenvalue weighted by Gasteiger charge is 2.26. The molecule has 0 amide bonds. The van der Waals surface area contributed by atoms with Gasteiger partial charge in [0.15, 0.2) is 0 Å². The molecule has 0 bridgehead atoms. The van der Waals surface area contributed by atoms with Crippen LogP contribution in [0.5, 0.6) is 0 Å². The highest BCUT2D eigenvalue weighted by Crippen LogP contribution is 2.40. The molecule has 2 aliphatic rings. The molecule has 0 spiro atoms. The Labute approximate surface area is 143 Å². The van der Waals surface area contributed by atoms with E-state index < -0.39 is 0 Å². The molecule has 3 rings (SSSR count). The third-order valence-electron chi connectivity index (χ3n) is 5.46. The van der Waals surface area contributed by atoms with Gasteiger partial charge in [0.05, 0.1) is 0 Å². The highest BCUT2D eigenvalue weighted by atomic mass is 35.5. The van der Waals surface area contributed by atoms with Gasteiger partial charge in [0.2, 0.25) is 0 Å². The van der Waals surface area contributed by atoms with Crippen molar-refractivity contribution in [1.29, 1.82) is 0 Å². The summed E-state index contributed by atoms with van der Waals surface area (Å²) in [4.78, 5) is 0. The molecule has 23 heavy (non-hydrogen) atoms. The molecule has 4 heteroatoms. The molecule has 1 saturated heterocycles. The van der Waals surface area contributed by atoms with Gasteiger partial charge in [0.25, 0.3) is 0 Å². The van der Waals surface area contributed by atoms with Crippen molar-refractivity contribution in [3.05, 3.63) is 34.6 Å². The first kappa shape index (κ1) is 17.2. The molecule has 0 unspecified atom stereocenters. The number of hydrogen-bond donors (Lipinski definition) is 1. The van der Waals surface area contributed by atoms with Crippen LogP contribution in [0.4, 0.5) is 4.39 Å². The Morgan fingerprint density at radius 1 is 1.09 bits per heavy atom. The Balaban J connectivity index is 1.41. The fourth-order valence-electron chi connectivity index (χ4n) is 4.03. The highest BCUT2D eigenvalue weighted by molar-refractivity contribution is 6.31. The van der Waals surface area contributed by atoms with Gasteiger partial charge in [-0.3, -0.25) is 0 Å². The summed E-state index contributed by atoms with van der Waals surface area (Å²) in [5.41, 5.74) is 0.743. The maximum Gasteiger partial charge on any atom is 0.128 e. The Morgan fingerprint density at radius 2 is 1.83 bits per heavy atom. The number of hydrogen-bond acceptors (Lipinski definition) is 2. The number of halogens is 2. The molecule has 2 nitrogen and oxygen atoms in total. The van der Waals surface area contributed by atoms with Crippen LogP contribution in [0.2, 0.25) is 5.02 Å². The summed E-state index contributed by atoms with van der Waals surface area (Å²) in [7, 11) is 0. The van der Waals surface area contributed by atoms with Crippen molar-refractivity contribution >= 4 is 11.6 Å². The SMILES string of the molecule is Fc1cccc(Cl)c1[C@H]1CC[C@H](CCNC2CCOCC2)CC1. The molecule has 1 aromatic carbocycles. The Kier molecular flexibility index (Phi) is 6.32. The lowest BCUT2D eigenvalue weighted by atomic mass is 9.77. The first-order chi connectivity index (χ1) is 11.2. The van der Waals surface area contributed by atoms with Crippen LogP contribution < -0.4 is 5.32 Å². The Hall–Kier alpha value is -0.640. The molecular formula is C19H27ClFNO. The van der Waals surface area contributed by atoms with Gasteiger partial charge in [0, 0.05) is 29.8 Å². The number of ether oxygens (including phenoxy) is 1. The first-order valence-electron chi connectivity index (χ1n) is 8.99. The van der Waals surface area contributed by atoms with Gasteiger partial charge in [-0.1, -0.05) is 17.7 Å². The zero-order chi connectivity index (χ0) is 16.1. The predicted octanol–water partition coefficient (Wildman–Crippen LogP) is 4.91. The minimum Gasteiger partial charge on any atom is -0.381 e. The summed E-state index contributed by atoms with van der Waals surface area (Å²) in [6.45, 7) is 2.89. The standard InChI is InChI=1S/C19H27ClFNO/c20-17-2-1-3-18(21)19(17)15-6-4-14(5-7-15)8-11-22-16-9-12-23-13-10-16/h1-3,14-16,22H,4-13H2/t14-,15-. The van der Waals surface area contributed by atoms with Gasteiger partial charge >= 0.3 is 0 Å². The molecule has 0 aromatic heterocycles. The average molecular weight is 340 g/mol. The quantitative estimate of drug-likeness (QED) is 0.822.